The maximum atomic E-state index is 3.62. The SMILES string of the molecule is CCCCC#C/C=C\C(CCCC)NCc1ccccc1. The van der Waals surface area contributed by atoms with Crippen LogP contribution in [0.25, 0.3) is 0 Å². The van der Waals surface area contributed by atoms with Gasteiger partial charge in [-0.25, -0.2) is 0 Å². The zero-order chi connectivity index (χ0) is 15.2. The number of rotatable bonds is 9. The summed E-state index contributed by atoms with van der Waals surface area (Å²) in [6.45, 7) is 5.36. The highest BCUT2D eigenvalue weighted by Gasteiger charge is 2.03. The van der Waals surface area contributed by atoms with Crippen molar-refractivity contribution in [3.63, 3.8) is 0 Å². The van der Waals surface area contributed by atoms with Gasteiger partial charge in [-0.15, -0.1) is 0 Å². The molecule has 0 aliphatic carbocycles. The number of hydrogen-bond donors (Lipinski definition) is 1. The van der Waals surface area contributed by atoms with E-state index in [0.717, 1.165) is 13.0 Å². The summed E-state index contributed by atoms with van der Waals surface area (Å²) < 4.78 is 0. The minimum Gasteiger partial charge on any atom is -0.306 e. The summed E-state index contributed by atoms with van der Waals surface area (Å²) in [7, 11) is 0. The molecule has 1 nitrogen and oxygen atoms in total. The Hall–Kier alpha value is -1.52. The molecule has 1 rings (SSSR count). The lowest BCUT2D eigenvalue weighted by atomic mass is 10.1. The van der Waals surface area contributed by atoms with Gasteiger partial charge in [-0.3, -0.25) is 0 Å². The van der Waals surface area contributed by atoms with Gasteiger partial charge in [0.15, 0.2) is 0 Å². The van der Waals surface area contributed by atoms with Gasteiger partial charge in [-0.2, -0.15) is 0 Å². The molecule has 0 amide bonds. The summed E-state index contributed by atoms with van der Waals surface area (Å²) in [6, 6.07) is 11.0. The van der Waals surface area contributed by atoms with Gasteiger partial charge < -0.3 is 5.32 Å². The van der Waals surface area contributed by atoms with Crippen LogP contribution in [-0.2, 0) is 6.54 Å². The van der Waals surface area contributed by atoms with Crippen molar-refractivity contribution in [1.82, 2.24) is 5.32 Å². The average molecular weight is 283 g/mol. The fourth-order valence-electron chi connectivity index (χ4n) is 2.10. The van der Waals surface area contributed by atoms with Crippen LogP contribution in [-0.4, -0.2) is 6.04 Å². The molecule has 0 aliphatic rings. The van der Waals surface area contributed by atoms with E-state index in [0.29, 0.717) is 6.04 Å². The van der Waals surface area contributed by atoms with Crippen molar-refractivity contribution >= 4 is 0 Å². The van der Waals surface area contributed by atoms with Crippen molar-refractivity contribution < 1.29 is 0 Å². The van der Waals surface area contributed by atoms with Crippen LogP contribution in [0.1, 0.15) is 57.9 Å². The highest BCUT2D eigenvalue weighted by Crippen LogP contribution is 2.05. The van der Waals surface area contributed by atoms with E-state index >= 15 is 0 Å². The Morgan fingerprint density at radius 3 is 2.57 bits per heavy atom. The molecule has 21 heavy (non-hydrogen) atoms. The summed E-state index contributed by atoms with van der Waals surface area (Å²) >= 11 is 0. The second kappa shape index (κ2) is 12.2. The predicted octanol–water partition coefficient (Wildman–Crippen LogP) is 5.08. The zero-order valence-electron chi connectivity index (χ0n) is 13.6. The normalized spacial score (nSPS) is 12.1. The van der Waals surface area contributed by atoms with Crippen molar-refractivity contribution in [3.8, 4) is 11.8 Å². The lowest BCUT2D eigenvalue weighted by Gasteiger charge is -2.14. The fourth-order valence-corrected chi connectivity index (χ4v) is 2.10. The zero-order valence-corrected chi connectivity index (χ0v) is 13.6. The number of unbranched alkanes of at least 4 members (excludes halogenated alkanes) is 3. The van der Waals surface area contributed by atoms with Gasteiger partial charge in [0.05, 0.1) is 0 Å². The van der Waals surface area contributed by atoms with Gasteiger partial charge in [-0.1, -0.05) is 81.4 Å². The minimum atomic E-state index is 0.422. The molecule has 0 saturated heterocycles. The molecule has 1 aromatic carbocycles. The van der Waals surface area contributed by atoms with Crippen molar-refractivity contribution in [2.45, 2.75) is 65.0 Å². The minimum absolute atomic E-state index is 0.422. The van der Waals surface area contributed by atoms with Crippen LogP contribution in [0, 0.1) is 11.8 Å². The molecule has 0 heterocycles. The first-order chi connectivity index (χ1) is 10.4. The Balaban J connectivity index is 2.42. The van der Waals surface area contributed by atoms with Gasteiger partial charge in [0, 0.05) is 19.0 Å². The number of nitrogens with one attached hydrogen (secondary N) is 1. The van der Waals surface area contributed by atoms with Crippen molar-refractivity contribution in [3.05, 3.63) is 48.0 Å². The lowest BCUT2D eigenvalue weighted by Crippen LogP contribution is -2.26. The average Bonchev–Trinajstić information content (AvgIpc) is 2.53. The largest absolute Gasteiger partial charge is 0.306 e. The summed E-state index contributed by atoms with van der Waals surface area (Å²) in [4.78, 5) is 0. The molecule has 114 valence electrons. The molecule has 0 aromatic heterocycles. The fraction of sp³-hybridized carbons (Fsp3) is 0.500. The molecule has 0 aliphatic heterocycles. The molecule has 0 spiro atoms. The summed E-state index contributed by atoms with van der Waals surface area (Å²) in [5.41, 5.74) is 1.33. The third kappa shape index (κ3) is 9.10. The molecule has 0 saturated carbocycles. The van der Waals surface area contributed by atoms with Crippen LogP contribution in [0.2, 0.25) is 0 Å². The Kier molecular flexibility index (Phi) is 10.2. The van der Waals surface area contributed by atoms with E-state index in [4.69, 9.17) is 0 Å². The Bertz CT molecular complexity index is 436. The summed E-state index contributed by atoms with van der Waals surface area (Å²) in [5, 5.41) is 3.62. The van der Waals surface area contributed by atoms with E-state index in [-0.39, 0.29) is 0 Å². The van der Waals surface area contributed by atoms with Crippen LogP contribution < -0.4 is 5.32 Å². The number of benzene rings is 1. The van der Waals surface area contributed by atoms with Gasteiger partial charge >= 0.3 is 0 Å². The first-order valence-electron chi connectivity index (χ1n) is 8.29. The lowest BCUT2D eigenvalue weighted by molar-refractivity contribution is 0.533. The molecule has 1 atom stereocenters. The standard InChI is InChI=1S/C20H29N/c1-3-5-7-8-9-13-17-20(16-6-4-2)21-18-19-14-11-10-12-15-19/h10-15,17,20-21H,3-7,16,18H2,1-2H3/b17-13-. The highest BCUT2D eigenvalue weighted by molar-refractivity contribution is 5.18. The molecule has 1 aromatic rings. The topological polar surface area (TPSA) is 12.0 Å². The van der Waals surface area contributed by atoms with Crippen molar-refractivity contribution in [1.29, 1.82) is 0 Å². The second-order valence-corrected chi connectivity index (χ2v) is 5.40. The predicted molar refractivity (Wildman–Crippen MR) is 93.0 cm³/mol. The Morgan fingerprint density at radius 1 is 1.10 bits per heavy atom. The molecular weight excluding hydrogens is 254 g/mol. The molecular formula is C20H29N. The molecule has 0 bridgehead atoms. The van der Waals surface area contributed by atoms with Crippen LogP contribution in [0.15, 0.2) is 42.5 Å². The maximum Gasteiger partial charge on any atom is 0.0262 e. The van der Waals surface area contributed by atoms with Crippen molar-refractivity contribution in [2.24, 2.45) is 0 Å². The summed E-state index contributed by atoms with van der Waals surface area (Å²) in [5.74, 6) is 6.36. The maximum absolute atomic E-state index is 3.62. The number of hydrogen-bond acceptors (Lipinski definition) is 1. The number of allylic oxidation sites excluding steroid dienone is 1. The van der Waals surface area contributed by atoms with E-state index in [9.17, 15) is 0 Å². The van der Waals surface area contributed by atoms with E-state index in [1.54, 1.807) is 0 Å². The van der Waals surface area contributed by atoms with E-state index in [1.165, 1.54) is 37.7 Å². The van der Waals surface area contributed by atoms with Crippen LogP contribution in [0.3, 0.4) is 0 Å². The van der Waals surface area contributed by atoms with Crippen molar-refractivity contribution in [2.75, 3.05) is 0 Å². The van der Waals surface area contributed by atoms with Gasteiger partial charge in [0.1, 0.15) is 0 Å². The summed E-state index contributed by atoms with van der Waals surface area (Å²) in [6.07, 6.45) is 11.3. The molecule has 0 radical (unpaired) electrons. The Labute approximate surface area is 130 Å². The smallest absolute Gasteiger partial charge is 0.0262 e. The van der Waals surface area contributed by atoms with Crippen LogP contribution in [0.4, 0.5) is 0 Å². The van der Waals surface area contributed by atoms with E-state index in [1.807, 2.05) is 6.08 Å². The quantitative estimate of drug-likeness (QED) is 0.492. The van der Waals surface area contributed by atoms with Gasteiger partial charge in [0.2, 0.25) is 0 Å². The van der Waals surface area contributed by atoms with E-state index < -0.39 is 0 Å². The van der Waals surface area contributed by atoms with E-state index in [2.05, 4.69) is 67.4 Å². The van der Waals surface area contributed by atoms with Gasteiger partial charge in [-0.05, 0) is 24.5 Å². The molecule has 0 fully saturated rings. The second-order valence-electron chi connectivity index (χ2n) is 5.40. The monoisotopic (exact) mass is 283 g/mol. The molecule has 1 unspecified atom stereocenters. The third-order valence-electron chi connectivity index (χ3n) is 3.45. The van der Waals surface area contributed by atoms with Gasteiger partial charge in [0.25, 0.3) is 0 Å². The third-order valence-corrected chi connectivity index (χ3v) is 3.45. The highest BCUT2D eigenvalue weighted by atomic mass is 14.9. The first-order valence-corrected chi connectivity index (χ1v) is 8.29. The Morgan fingerprint density at radius 2 is 1.86 bits per heavy atom. The molecule has 1 heteroatoms. The van der Waals surface area contributed by atoms with Crippen LogP contribution >= 0.6 is 0 Å². The molecule has 1 N–H and O–H groups in total. The first kappa shape index (κ1) is 17.5. The van der Waals surface area contributed by atoms with Crippen LogP contribution in [0.5, 0.6) is 0 Å².